The molecular weight excluding hydrogens is 382 g/mol. The molecule has 0 radical (unpaired) electrons. The Hall–Kier alpha value is -3.47. The molecule has 0 amide bonds. The zero-order valence-corrected chi connectivity index (χ0v) is 16.3. The van der Waals surface area contributed by atoms with Gasteiger partial charge in [0.25, 0.3) is 0 Å². The number of ether oxygens (including phenoxy) is 1. The van der Waals surface area contributed by atoms with Gasteiger partial charge in [0.15, 0.2) is 5.70 Å². The zero-order valence-electron chi connectivity index (χ0n) is 15.5. The van der Waals surface area contributed by atoms with E-state index in [1.807, 2.05) is 79.3 Å². The summed E-state index contributed by atoms with van der Waals surface area (Å²) in [5.74, 6) is 2.59. The zero-order chi connectivity index (χ0) is 18.8. The molecule has 29 heavy (non-hydrogen) atoms. The maximum atomic E-state index is 5.90. The Labute approximate surface area is 175 Å². The van der Waals surface area contributed by atoms with Crippen LogP contribution in [0.5, 0.6) is 11.5 Å². The number of nitrogens with zero attached hydrogens (tertiary/aromatic N) is 2. The van der Waals surface area contributed by atoms with Crippen molar-refractivity contribution in [3.63, 3.8) is 0 Å². The van der Waals surface area contributed by atoms with Crippen LogP contribution in [0.15, 0.2) is 113 Å². The highest BCUT2D eigenvalue weighted by molar-refractivity contribution is 6.05. The van der Waals surface area contributed by atoms with E-state index in [0.717, 1.165) is 44.8 Å². The third-order valence-corrected chi connectivity index (χ3v) is 4.71. The lowest BCUT2D eigenvalue weighted by molar-refractivity contribution is -0.688. The van der Waals surface area contributed by atoms with Crippen LogP contribution in [0.4, 0.5) is 0 Å². The van der Waals surface area contributed by atoms with E-state index < -0.39 is 0 Å². The highest BCUT2D eigenvalue weighted by Gasteiger charge is 2.33. The topological polar surface area (TPSA) is 38.4 Å². The number of para-hydroxylation sites is 1. The Morgan fingerprint density at radius 3 is 2.07 bits per heavy atom. The molecule has 5 rings (SSSR count). The van der Waals surface area contributed by atoms with Crippen LogP contribution in [0.1, 0.15) is 11.1 Å². The molecule has 2 aliphatic rings. The average Bonchev–Trinajstić information content (AvgIpc) is 3.15. The summed E-state index contributed by atoms with van der Waals surface area (Å²) in [6.07, 6.45) is 5.73. The molecule has 2 aliphatic heterocycles. The van der Waals surface area contributed by atoms with Crippen LogP contribution in [-0.2, 0) is 0 Å². The minimum Gasteiger partial charge on any atom is -1.00 e. The summed E-state index contributed by atoms with van der Waals surface area (Å²) in [6, 6.07) is 28.1. The highest BCUT2D eigenvalue weighted by atomic mass is 35.5. The van der Waals surface area contributed by atoms with Crippen molar-refractivity contribution in [1.29, 1.82) is 0 Å². The van der Waals surface area contributed by atoms with Crippen molar-refractivity contribution in [2.45, 2.75) is 0 Å². The number of quaternary nitrogens is 1. The number of rotatable bonds is 4. The number of fused-ring (bicyclic) bond motifs is 1. The van der Waals surface area contributed by atoms with E-state index in [1.54, 1.807) is 0 Å². The van der Waals surface area contributed by atoms with Crippen molar-refractivity contribution in [3.8, 4) is 11.5 Å². The molecule has 5 heteroatoms. The molecule has 0 spiro atoms. The summed E-state index contributed by atoms with van der Waals surface area (Å²) in [5, 5.41) is 0. The fourth-order valence-corrected chi connectivity index (χ4v) is 3.36. The predicted molar refractivity (Wildman–Crippen MR) is 111 cm³/mol. The summed E-state index contributed by atoms with van der Waals surface area (Å²) in [6.45, 7) is 0. The Morgan fingerprint density at radius 2 is 1.34 bits per heavy atom. The molecule has 0 saturated heterocycles. The van der Waals surface area contributed by atoms with Crippen molar-refractivity contribution < 1.29 is 22.0 Å². The van der Waals surface area contributed by atoms with Crippen LogP contribution in [0.2, 0.25) is 0 Å². The molecule has 142 valence electrons. The molecule has 3 aromatic carbocycles. The molecule has 0 saturated carbocycles. The van der Waals surface area contributed by atoms with Gasteiger partial charge in [-0.15, -0.1) is 0 Å². The van der Waals surface area contributed by atoms with Crippen LogP contribution in [-0.4, -0.2) is 12.1 Å². The smallest absolute Gasteiger partial charge is 0.243 e. The third-order valence-electron chi connectivity index (χ3n) is 4.71. The molecule has 3 aromatic rings. The summed E-state index contributed by atoms with van der Waals surface area (Å²) in [5.41, 5.74) is 4.17. The maximum absolute atomic E-state index is 5.90. The normalized spacial score (nSPS) is 16.8. The molecule has 0 aliphatic carbocycles. The second kappa shape index (κ2) is 8.27. The Morgan fingerprint density at radius 1 is 0.690 bits per heavy atom. The van der Waals surface area contributed by atoms with Gasteiger partial charge < -0.3 is 17.1 Å². The molecule has 1 N–H and O–H groups in total. The fraction of sp³-hybridized carbons (Fsp3) is 0. The Kier molecular flexibility index (Phi) is 5.38. The van der Waals surface area contributed by atoms with Crippen LogP contribution < -0.4 is 22.0 Å². The SMILES string of the molecule is C1=C[NH+]2C(c3ccc(Oc4ccccc4)cc3)=NC(c3ccccc3)=C2C=N1.[Cl-]. The number of nitrogens with one attached hydrogen (secondary N) is 1. The van der Waals surface area contributed by atoms with E-state index in [9.17, 15) is 0 Å². The quantitative estimate of drug-likeness (QED) is 0.700. The van der Waals surface area contributed by atoms with Crippen LogP contribution in [0.25, 0.3) is 5.70 Å². The second-order valence-electron chi connectivity index (χ2n) is 6.54. The van der Waals surface area contributed by atoms with Gasteiger partial charge in [0, 0.05) is 5.56 Å². The van der Waals surface area contributed by atoms with Crippen molar-refractivity contribution in [2.75, 3.05) is 0 Å². The van der Waals surface area contributed by atoms with Crippen molar-refractivity contribution in [1.82, 2.24) is 0 Å². The molecule has 0 fully saturated rings. The van der Waals surface area contributed by atoms with Crippen molar-refractivity contribution in [2.24, 2.45) is 9.98 Å². The number of hydrogen-bond acceptors (Lipinski definition) is 3. The highest BCUT2D eigenvalue weighted by Crippen LogP contribution is 2.24. The molecule has 1 unspecified atom stereocenters. The predicted octanol–water partition coefficient (Wildman–Crippen LogP) is 1.05. The van der Waals surface area contributed by atoms with Gasteiger partial charge in [-0.1, -0.05) is 48.5 Å². The van der Waals surface area contributed by atoms with Crippen LogP contribution >= 0.6 is 0 Å². The van der Waals surface area contributed by atoms with Crippen molar-refractivity contribution in [3.05, 3.63) is 114 Å². The number of hydrogen-bond donors (Lipinski definition) is 1. The van der Waals surface area contributed by atoms with E-state index in [4.69, 9.17) is 9.73 Å². The van der Waals surface area contributed by atoms with Gasteiger partial charge in [0.05, 0.1) is 18.0 Å². The standard InChI is InChI=1S/C24H17N3O.ClH/c1-3-7-18(8-4-1)23-22-17-25-15-16-27(22)24(26-23)19-11-13-21(14-12-19)28-20-9-5-2-6-10-20;/h1-17H;1H. The van der Waals surface area contributed by atoms with Gasteiger partial charge in [0.2, 0.25) is 5.84 Å². The third kappa shape index (κ3) is 3.76. The summed E-state index contributed by atoms with van der Waals surface area (Å²) in [7, 11) is 0. The number of halogens is 1. The lowest BCUT2D eigenvalue weighted by atomic mass is 10.1. The molecular formula is C24H18ClN3O. The van der Waals surface area contributed by atoms with E-state index in [0.29, 0.717) is 0 Å². The summed E-state index contributed by atoms with van der Waals surface area (Å²) in [4.78, 5) is 10.4. The van der Waals surface area contributed by atoms with E-state index in [-0.39, 0.29) is 12.4 Å². The first-order chi connectivity index (χ1) is 13.9. The molecule has 4 nitrogen and oxygen atoms in total. The lowest BCUT2D eigenvalue weighted by Gasteiger charge is -2.13. The van der Waals surface area contributed by atoms with E-state index in [2.05, 4.69) is 29.3 Å². The summed E-state index contributed by atoms with van der Waals surface area (Å²) < 4.78 is 5.90. The largest absolute Gasteiger partial charge is 1.00 e. The fourth-order valence-electron chi connectivity index (χ4n) is 3.36. The first kappa shape index (κ1) is 18.9. The van der Waals surface area contributed by atoms with Crippen molar-refractivity contribution >= 4 is 17.7 Å². The Bertz CT molecular complexity index is 1120. The van der Waals surface area contributed by atoms with E-state index >= 15 is 0 Å². The maximum Gasteiger partial charge on any atom is 0.243 e. The summed E-state index contributed by atoms with van der Waals surface area (Å²) >= 11 is 0. The number of benzene rings is 3. The van der Waals surface area contributed by atoms with Gasteiger partial charge in [-0.25, -0.2) is 4.90 Å². The van der Waals surface area contributed by atoms with Crippen LogP contribution in [0.3, 0.4) is 0 Å². The average molecular weight is 400 g/mol. The minimum atomic E-state index is 0. The molecule has 2 heterocycles. The molecule has 0 bridgehead atoms. The molecule has 0 aromatic heterocycles. The Balaban J connectivity index is 0.00000205. The lowest BCUT2D eigenvalue weighted by Crippen LogP contribution is -3.08. The number of aliphatic imine (C=N–C) groups is 2. The van der Waals surface area contributed by atoms with Gasteiger partial charge in [-0.2, -0.15) is 4.99 Å². The number of allylic oxidation sites excluding steroid dienone is 1. The first-order valence-corrected chi connectivity index (χ1v) is 9.18. The number of amidine groups is 1. The van der Waals surface area contributed by atoms with Gasteiger partial charge in [0.1, 0.15) is 23.4 Å². The second-order valence-corrected chi connectivity index (χ2v) is 6.54. The van der Waals surface area contributed by atoms with Gasteiger partial charge >= 0.3 is 0 Å². The monoisotopic (exact) mass is 399 g/mol. The van der Waals surface area contributed by atoms with Gasteiger partial charge in [-0.05, 0) is 36.4 Å². The first-order valence-electron chi connectivity index (χ1n) is 9.18. The van der Waals surface area contributed by atoms with E-state index in [1.165, 1.54) is 0 Å². The van der Waals surface area contributed by atoms with Gasteiger partial charge in [-0.3, -0.25) is 4.99 Å². The molecule has 1 atom stereocenters. The van der Waals surface area contributed by atoms with Crippen LogP contribution in [0, 0.1) is 0 Å². The minimum absolute atomic E-state index is 0.